The molecular formula is C13H26N2O2. The van der Waals surface area contributed by atoms with Gasteiger partial charge in [0.05, 0.1) is 12.2 Å². The molecule has 0 saturated carbocycles. The quantitative estimate of drug-likeness (QED) is 0.775. The summed E-state index contributed by atoms with van der Waals surface area (Å²) in [7, 11) is 0. The van der Waals surface area contributed by atoms with Crippen molar-refractivity contribution in [3.8, 4) is 0 Å². The van der Waals surface area contributed by atoms with E-state index in [1.165, 1.54) is 12.8 Å². The highest BCUT2D eigenvalue weighted by atomic mass is 16.5. The van der Waals surface area contributed by atoms with Crippen molar-refractivity contribution in [2.45, 2.75) is 44.9 Å². The van der Waals surface area contributed by atoms with Crippen LogP contribution in [0, 0.1) is 0 Å². The molecule has 17 heavy (non-hydrogen) atoms. The summed E-state index contributed by atoms with van der Waals surface area (Å²) in [5.41, 5.74) is 0. The second-order valence-electron chi connectivity index (χ2n) is 4.92. The molecule has 2 fully saturated rings. The molecule has 2 saturated heterocycles. The summed E-state index contributed by atoms with van der Waals surface area (Å²) in [6.07, 6.45) is 3.07. The van der Waals surface area contributed by atoms with E-state index in [2.05, 4.69) is 24.1 Å². The van der Waals surface area contributed by atoms with Crippen molar-refractivity contribution < 1.29 is 9.47 Å². The lowest BCUT2D eigenvalue weighted by atomic mass is 10.1. The van der Waals surface area contributed by atoms with Crippen LogP contribution in [-0.2, 0) is 9.47 Å². The van der Waals surface area contributed by atoms with Crippen LogP contribution in [0.3, 0.4) is 0 Å². The Morgan fingerprint density at radius 2 is 1.53 bits per heavy atom. The van der Waals surface area contributed by atoms with Crippen LogP contribution in [0.1, 0.15) is 26.7 Å². The smallest absolute Gasteiger partial charge is 0.0975 e. The number of hydrogen-bond acceptors (Lipinski definition) is 4. The lowest BCUT2D eigenvalue weighted by Crippen LogP contribution is -2.42. The molecular weight excluding hydrogens is 216 g/mol. The van der Waals surface area contributed by atoms with Gasteiger partial charge >= 0.3 is 0 Å². The largest absolute Gasteiger partial charge is 0.374 e. The molecule has 0 bridgehead atoms. The molecule has 1 N–H and O–H groups in total. The van der Waals surface area contributed by atoms with Crippen LogP contribution in [0.25, 0.3) is 0 Å². The summed E-state index contributed by atoms with van der Waals surface area (Å²) in [4.78, 5) is 2.57. The molecule has 0 aromatic rings. The first-order valence-electron chi connectivity index (χ1n) is 7.03. The molecule has 2 rings (SSSR count). The van der Waals surface area contributed by atoms with E-state index in [0.29, 0.717) is 0 Å². The maximum atomic E-state index is 5.81. The van der Waals surface area contributed by atoms with Gasteiger partial charge in [-0.15, -0.1) is 0 Å². The van der Waals surface area contributed by atoms with Crippen LogP contribution < -0.4 is 5.32 Å². The fourth-order valence-corrected chi connectivity index (χ4v) is 2.99. The third-order valence-corrected chi connectivity index (χ3v) is 3.83. The molecule has 4 nitrogen and oxygen atoms in total. The van der Waals surface area contributed by atoms with E-state index < -0.39 is 0 Å². The molecule has 0 aromatic carbocycles. The molecule has 2 heterocycles. The van der Waals surface area contributed by atoms with Crippen LogP contribution in [0.4, 0.5) is 0 Å². The minimum Gasteiger partial charge on any atom is -0.374 e. The number of hydrogen-bond donors (Lipinski definition) is 1. The Balaban J connectivity index is 1.87. The van der Waals surface area contributed by atoms with Crippen molar-refractivity contribution >= 4 is 0 Å². The van der Waals surface area contributed by atoms with Crippen LogP contribution in [-0.4, -0.2) is 62.5 Å². The van der Waals surface area contributed by atoms with Gasteiger partial charge in [0.15, 0.2) is 0 Å². The summed E-state index contributed by atoms with van der Waals surface area (Å²) in [5, 5.41) is 3.42. The molecule has 0 aromatic heterocycles. The van der Waals surface area contributed by atoms with Crippen molar-refractivity contribution in [1.82, 2.24) is 10.2 Å². The Bertz CT molecular complexity index is 205. The van der Waals surface area contributed by atoms with Crippen molar-refractivity contribution in [1.29, 1.82) is 0 Å². The second-order valence-corrected chi connectivity index (χ2v) is 4.92. The maximum absolute atomic E-state index is 5.81. The van der Waals surface area contributed by atoms with Gasteiger partial charge in [-0.05, 0) is 39.8 Å². The average molecular weight is 242 g/mol. The first-order valence-corrected chi connectivity index (χ1v) is 7.03. The minimum absolute atomic E-state index is 0.273. The van der Waals surface area contributed by atoms with Gasteiger partial charge in [-0.1, -0.05) is 0 Å². The van der Waals surface area contributed by atoms with Gasteiger partial charge in [-0.2, -0.15) is 0 Å². The highest BCUT2D eigenvalue weighted by molar-refractivity contribution is 4.91. The first-order chi connectivity index (χ1) is 8.35. The number of nitrogens with zero attached hydrogens (tertiary/aromatic N) is 1. The molecule has 0 spiro atoms. The second kappa shape index (κ2) is 6.69. The number of piperidine rings is 1. The molecule has 2 aliphatic rings. The summed E-state index contributed by atoms with van der Waals surface area (Å²) >= 11 is 0. The zero-order chi connectivity index (χ0) is 12.1. The number of nitrogens with one attached hydrogen (secondary N) is 1. The van der Waals surface area contributed by atoms with E-state index >= 15 is 0 Å². The van der Waals surface area contributed by atoms with Crippen molar-refractivity contribution in [2.24, 2.45) is 0 Å². The van der Waals surface area contributed by atoms with Gasteiger partial charge in [-0.25, -0.2) is 0 Å². The Kier molecular flexibility index (Phi) is 5.22. The lowest BCUT2D eigenvalue weighted by Gasteiger charge is -2.31. The lowest BCUT2D eigenvalue weighted by molar-refractivity contribution is -0.0388. The topological polar surface area (TPSA) is 33.7 Å². The molecule has 4 heteroatoms. The number of rotatable bonds is 5. The predicted molar refractivity (Wildman–Crippen MR) is 68.3 cm³/mol. The van der Waals surface area contributed by atoms with E-state index in [0.717, 1.165) is 45.4 Å². The van der Waals surface area contributed by atoms with Crippen LogP contribution in [0.15, 0.2) is 0 Å². The average Bonchev–Trinajstić information content (AvgIpc) is 2.75. The molecule has 2 aliphatic heterocycles. The standard InChI is InChI=1S/C13H26N2O2/c1-3-16-12-9-15(10-13(12)17-4-2)11-5-7-14-8-6-11/h11-14H,3-10H2,1-2H3. The number of ether oxygens (including phenoxy) is 2. The highest BCUT2D eigenvalue weighted by Crippen LogP contribution is 2.22. The predicted octanol–water partition coefficient (Wildman–Crippen LogP) is 0.864. The number of likely N-dealkylation sites (tertiary alicyclic amines) is 1. The Morgan fingerprint density at radius 3 is 2.00 bits per heavy atom. The molecule has 2 unspecified atom stereocenters. The van der Waals surface area contributed by atoms with Gasteiger partial charge in [-0.3, -0.25) is 4.90 Å². The molecule has 2 atom stereocenters. The monoisotopic (exact) mass is 242 g/mol. The summed E-state index contributed by atoms with van der Waals surface area (Å²) < 4.78 is 11.6. The van der Waals surface area contributed by atoms with Gasteiger partial charge in [0.1, 0.15) is 0 Å². The van der Waals surface area contributed by atoms with Crippen molar-refractivity contribution in [3.63, 3.8) is 0 Å². The van der Waals surface area contributed by atoms with Crippen LogP contribution in [0.5, 0.6) is 0 Å². The first kappa shape index (κ1) is 13.3. The molecule has 100 valence electrons. The third kappa shape index (κ3) is 3.41. The zero-order valence-electron chi connectivity index (χ0n) is 11.2. The van der Waals surface area contributed by atoms with Crippen LogP contribution in [0.2, 0.25) is 0 Å². The fraction of sp³-hybridized carbons (Fsp3) is 1.00. The Hall–Kier alpha value is -0.160. The highest BCUT2D eigenvalue weighted by Gasteiger charge is 2.37. The maximum Gasteiger partial charge on any atom is 0.0975 e. The van der Waals surface area contributed by atoms with E-state index in [9.17, 15) is 0 Å². The summed E-state index contributed by atoms with van der Waals surface area (Å²) in [6.45, 7) is 10.1. The molecule has 0 radical (unpaired) electrons. The summed E-state index contributed by atoms with van der Waals surface area (Å²) in [6, 6.07) is 0.727. The third-order valence-electron chi connectivity index (χ3n) is 3.83. The van der Waals surface area contributed by atoms with E-state index in [-0.39, 0.29) is 12.2 Å². The zero-order valence-corrected chi connectivity index (χ0v) is 11.2. The Labute approximate surface area is 105 Å². The van der Waals surface area contributed by atoms with Gasteiger partial charge < -0.3 is 14.8 Å². The van der Waals surface area contributed by atoms with Crippen molar-refractivity contribution in [2.75, 3.05) is 39.4 Å². The SMILES string of the molecule is CCOC1CN(C2CCNCC2)CC1OCC. The molecule has 0 aliphatic carbocycles. The van der Waals surface area contributed by atoms with Gasteiger partial charge in [0.25, 0.3) is 0 Å². The van der Waals surface area contributed by atoms with E-state index in [4.69, 9.17) is 9.47 Å². The normalized spacial score (nSPS) is 32.1. The Morgan fingerprint density at radius 1 is 1.00 bits per heavy atom. The molecule has 0 amide bonds. The fourth-order valence-electron chi connectivity index (χ4n) is 2.99. The van der Waals surface area contributed by atoms with Crippen LogP contribution >= 0.6 is 0 Å². The summed E-state index contributed by atoms with van der Waals surface area (Å²) in [5.74, 6) is 0. The van der Waals surface area contributed by atoms with Crippen molar-refractivity contribution in [3.05, 3.63) is 0 Å². The van der Waals surface area contributed by atoms with Gasteiger partial charge in [0.2, 0.25) is 0 Å². The minimum atomic E-state index is 0.273. The van der Waals surface area contributed by atoms with E-state index in [1.807, 2.05) is 0 Å². The van der Waals surface area contributed by atoms with E-state index in [1.54, 1.807) is 0 Å². The van der Waals surface area contributed by atoms with Gasteiger partial charge in [0, 0.05) is 32.3 Å².